The number of hydrogen-bond acceptors (Lipinski definition) is 2. The smallest absolute Gasteiger partial charge is 0.164 e. The minimum absolute atomic E-state index is 0.204. The van der Waals surface area contributed by atoms with Crippen molar-refractivity contribution in [2.45, 2.75) is 39.8 Å². The number of halogens is 3. The summed E-state index contributed by atoms with van der Waals surface area (Å²) in [6.45, 7) is 7.47. The maximum absolute atomic E-state index is 12.7. The average molecular weight is 232 g/mol. The second kappa shape index (κ2) is 4.03. The monoisotopic (exact) mass is 232 g/mol. The first-order valence-corrected chi connectivity index (χ1v) is 5.03. The van der Waals surface area contributed by atoms with Crippen molar-refractivity contribution in [3.05, 3.63) is 23.5 Å². The molecule has 0 spiro atoms. The number of alkyl halides is 3. The maximum atomic E-state index is 12.7. The van der Waals surface area contributed by atoms with Gasteiger partial charge in [0.05, 0.1) is 0 Å². The third-order valence-electron chi connectivity index (χ3n) is 2.79. The van der Waals surface area contributed by atoms with Gasteiger partial charge >= 0.3 is 6.18 Å². The maximum Gasteiger partial charge on any atom is 0.435 e. The summed E-state index contributed by atoms with van der Waals surface area (Å²) in [7, 11) is 0. The minimum atomic E-state index is -4.44. The van der Waals surface area contributed by atoms with E-state index in [1.165, 1.54) is 12.3 Å². The lowest BCUT2D eigenvalue weighted by Crippen LogP contribution is -2.21. The molecule has 0 aliphatic rings. The Bertz CT molecular complexity index is 366. The number of rotatable bonds is 1. The first kappa shape index (κ1) is 12.9. The Hall–Kier alpha value is -1.13. The van der Waals surface area contributed by atoms with Gasteiger partial charge in [0.15, 0.2) is 5.69 Å². The van der Waals surface area contributed by atoms with Crippen molar-refractivity contribution in [3.8, 4) is 0 Å². The fraction of sp³-hybridized carbons (Fsp3) is 0.636. The van der Waals surface area contributed by atoms with Gasteiger partial charge in [-0.05, 0) is 23.0 Å². The van der Waals surface area contributed by atoms with Crippen molar-refractivity contribution in [2.75, 3.05) is 0 Å². The first-order chi connectivity index (χ1) is 7.14. The Morgan fingerprint density at radius 2 is 1.75 bits per heavy atom. The normalized spacial score (nSPS) is 14.9. The molecule has 5 heteroatoms. The van der Waals surface area contributed by atoms with Crippen molar-refractivity contribution < 1.29 is 13.2 Å². The summed E-state index contributed by atoms with van der Waals surface area (Å²) in [5, 5.41) is 6.52. The molecule has 1 aromatic heterocycles. The van der Waals surface area contributed by atoms with Crippen LogP contribution in [0.3, 0.4) is 0 Å². The van der Waals surface area contributed by atoms with Crippen molar-refractivity contribution in [3.63, 3.8) is 0 Å². The van der Waals surface area contributed by atoms with Gasteiger partial charge in [-0.15, -0.1) is 5.10 Å². The Morgan fingerprint density at radius 3 is 2.19 bits per heavy atom. The van der Waals surface area contributed by atoms with Gasteiger partial charge in [0.2, 0.25) is 0 Å². The van der Waals surface area contributed by atoms with Gasteiger partial charge in [-0.3, -0.25) is 0 Å². The molecule has 0 saturated carbocycles. The van der Waals surface area contributed by atoms with Gasteiger partial charge < -0.3 is 0 Å². The third kappa shape index (κ3) is 2.71. The van der Waals surface area contributed by atoms with Crippen LogP contribution >= 0.6 is 0 Å². The molecule has 0 fully saturated rings. The fourth-order valence-corrected chi connectivity index (χ4v) is 1.38. The standard InChI is InChI=1S/C11H15F3N2/c1-7(10(2,3)4)8-5-6-15-16-9(8)11(12,13)14/h5-7H,1-4H3. The summed E-state index contributed by atoms with van der Waals surface area (Å²) < 4.78 is 38.1. The zero-order chi connectivity index (χ0) is 12.6. The molecule has 16 heavy (non-hydrogen) atoms. The number of hydrogen-bond donors (Lipinski definition) is 0. The molecule has 0 aromatic carbocycles. The summed E-state index contributed by atoms with van der Waals surface area (Å²) in [6.07, 6.45) is -3.14. The van der Waals surface area contributed by atoms with E-state index in [2.05, 4.69) is 10.2 Å². The highest BCUT2D eigenvalue weighted by Gasteiger charge is 2.38. The predicted molar refractivity (Wildman–Crippen MR) is 54.9 cm³/mol. The second-order valence-electron chi connectivity index (χ2n) is 4.92. The lowest BCUT2D eigenvalue weighted by molar-refractivity contribution is -0.142. The van der Waals surface area contributed by atoms with Crippen LogP contribution in [0, 0.1) is 5.41 Å². The molecule has 1 heterocycles. The highest BCUT2D eigenvalue weighted by Crippen LogP contribution is 2.40. The molecule has 90 valence electrons. The first-order valence-electron chi connectivity index (χ1n) is 5.03. The van der Waals surface area contributed by atoms with Crippen LogP contribution in [0.15, 0.2) is 12.3 Å². The lowest BCUT2D eigenvalue weighted by Gasteiger charge is -2.28. The van der Waals surface area contributed by atoms with E-state index in [1.807, 2.05) is 20.8 Å². The molecule has 1 unspecified atom stereocenters. The zero-order valence-corrected chi connectivity index (χ0v) is 9.76. The summed E-state index contributed by atoms with van der Waals surface area (Å²) in [5.74, 6) is -0.236. The quantitative estimate of drug-likeness (QED) is 0.738. The third-order valence-corrected chi connectivity index (χ3v) is 2.79. The van der Waals surface area contributed by atoms with Crippen LogP contribution in [0.5, 0.6) is 0 Å². The van der Waals surface area contributed by atoms with Gasteiger partial charge in [0, 0.05) is 6.20 Å². The van der Waals surface area contributed by atoms with E-state index in [1.54, 1.807) is 6.92 Å². The van der Waals surface area contributed by atoms with Gasteiger partial charge in [0.25, 0.3) is 0 Å². The zero-order valence-electron chi connectivity index (χ0n) is 9.76. The molecule has 0 aliphatic carbocycles. The van der Waals surface area contributed by atoms with Crippen LogP contribution in [0.4, 0.5) is 13.2 Å². The highest BCUT2D eigenvalue weighted by atomic mass is 19.4. The molecule has 1 rings (SSSR count). The Morgan fingerprint density at radius 1 is 1.19 bits per heavy atom. The van der Waals surface area contributed by atoms with Gasteiger partial charge in [0.1, 0.15) is 0 Å². The summed E-state index contributed by atoms with van der Waals surface area (Å²) in [5.41, 5.74) is -0.921. The number of aromatic nitrogens is 2. The van der Waals surface area contributed by atoms with Crippen molar-refractivity contribution in [2.24, 2.45) is 5.41 Å². The van der Waals surface area contributed by atoms with E-state index in [0.29, 0.717) is 0 Å². The SMILES string of the molecule is CC(c1ccnnc1C(F)(F)F)C(C)(C)C. The molecule has 0 aliphatic heterocycles. The van der Waals surface area contributed by atoms with E-state index in [9.17, 15) is 13.2 Å². The molecule has 0 radical (unpaired) electrons. The topological polar surface area (TPSA) is 25.8 Å². The Balaban J connectivity index is 3.25. The summed E-state index contributed by atoms with van der Waals surface area (Å²) >= 11 is 0. The molecule has 0 bridgehead atoms. The minimum Gasteiger partial charge on any atom is -0.164 e. The van der Waals surface area contributed by atoms with E-state index < -0.39 is 11.9 Å². The molecular formula is C11H15F3N2. The lowest BCUT2D eigenvalue weighted by atomic mass is 9.77. The van der Waals surface area contributed by atoms with Crippen molar-refractivity contribution >= 4 is 0 Å². The second-order valence-corrected chi connectivity index (χ2v) is 4.92. The molecule has 0 amide bonds. The largest absolute Gasteiger partial charge is 0.435 e. The van der Waals surface area contributed by atoms with E-state index >= 15 is 0 Å². The van der Waals surface area contributed by atoms with Gasteiger partial charge in [-0.1, -0.05) is 27.7 Å². The molecule has 1 atom stereocenters. The Labute approximate surface area is 92.9 Å². The van der Waals surface area contributed by atoms with E-state index in [4.69, 9.17) is 0 Å². The van der Waals surface area contributed by atoms with Crippen LogP contribution in [0.25, 0.3) is 0 Å². The molecule has 0 saturated heterocycles. The molecular weight excluding hydrogens is 217 g/mol. The van der Waals surface area contributed by atoms with Crippen LogP contribution in [-0.4, -0.2) is 10.2 Å². The summed E-state index contributed by atoms with van der Waals surface area (Å²) in [6, 6.07) is 1.39. The Kier molecular flexibility index (Phi) is 3.26. The van der Waals surface area contributed by atoms with Crippen LogP contribution in [-0.2, 0) is 6.18 Å². The van der Waals surface area contributed by atoms with Crippen LogP contribution in [0.2, 0.25) is 0 Å². The van der Waals surface area contributed by atoms with Gasteiger partial charge in [-0.25, -0.2) is 0 Å². The molecule has 2 nitrogen and oxygen atoms in total. The number of nitrogens with zero attached hydrogens (tertiary/aromatic N) is 2. The van der Waals surface area contributed by atoms with E-state index in [-0.39, 0.29) is 16.9 Å². The summed E-state index contributed by atoms with van der Waals surface area (Å²) in [4.78, 5) is 0. The molecule has 1 aromatic rings. The predicted octanol–water partition coefficient (Wildman–Crippen LogP) is 3.65. The van der Waals surface area contributed by atoms with Crippen molar-refractivity contribution in [1.82, 2.24) is 10.2 Å². The van der Waals surface area contributed by atoms with Crippen LogP contribution in [0.1, 0.15) is 44.9 Å². The average Bonchev–Trinajstić information content (AvgIpc) is 2.14. The highest BCUT2D eigenvalue weighted by molar-refractivity contribution is 5.25. The van der Waals surface area contributed by atoms with Crippen molar-refractivity contribution in [1.29, 1.82) is 0 Å². The van der Waals surface area contributed by atoms with Gasteiger partial charge in [-0.2, -0.15) is 18.3 Å². The van der Waals surface area contributed by atoms with E-state index in [0.717, 1.165) is 0 Å². The fourth-order valence-electron chi connectivity index (χ4n) is 1.38. The molecule has 0 N–H and O–H groups in total. The van der Waals surface area contributed by atoms with Crippen LogP contribution < -0.4 is 0 Å².